The van der Waals surface area contributed by atoms with E-state index in [0.29, 0.717) is 26.4 Å². The highest BCUT2D eigenvalue weighted by Crippen LogP contribution is 1.79. The van der Waals surface area contributed by atoms with Crippen molar-refractivity contribution in [3.63, 3.8) is 0 Å². The van der Waals surface area contributed by atoms with Gasteiger partial charge < -0.3 is 14.2 Å². The summed E-state index contributed by atoms with van der Waals surface area (Å²) in [6.07, 6.45) is 0. The van der Waals surface area contributed by atoms with Crippen LogP contribution in [0.4, 0.5) is 0 Å². The van der Waals surface area contributed by atoms with Crippen LogP contribution in [-0.4, -0.2) is 46.1 Å². The summed E-state index contributed by atoms with van der Waals surface area (Å²) in [5, 5.41) is 0. The van der Waals surface area contributed by atoms with Gasteiger partial charge in [0, 0.05) is 7.11 Å². The van der Waals surface area contributed by atoms with Gasteiger partial charge in [-0.05, 0) is 0 Å². The van der Waals surface area contributed by atoms with Gasteiger partial charge in [0.25, 0.3) is 5.91 Å². The molecule has 12 heavy (non-hydrogen) atoms. The SMILES string of the molecule is COCCOCCOCC([NH])=O. The molecule has 0 heterocycles. The molecule has 0 saturated carbocycles. The lowest BCUT2D eigenvalue weighted by Crippen LogP contribution is -2.13. The molecule has 0 unspecified atom stereocenters. The van der Waals surface area contributed by atoms with Gasteiger partial charge in [0.2, 0.25) is 0 Å². The molecule has 0 aromatic heterocycles. The third kappa shape index (κ3) is 9.35. The Labute approximate surface area is 71.8 Å². The standard InChI is InChI=1S/C7H14NO4/c1-10-2-3-11-4-5-12-6-7(8)9/h8H,2-6H2,1H3. The fraction of sp³-hybridized carbons (Fsp3) is 0.857. The van der Waals surface area contributed by atoms with E-state index in [1.165, 1.54) is 0 Å². The fourth-order valence-corrected chi connectivity index (χ4v) is 0.527. The van der Waals surface area contributed by atoms with Crippen LogP contribution in [0.1, 0.15) is 0 Å². The quantitative estimate of drug-likeness (QED) is 0.466. The maximum absolute atomic E-state index is 10.1. The van der Waals surface area contributed by atoms with Gasteiger partial charge in [0.1, 0.15) is 6.61 Å². The summed E-state index contributed by atoms with van der Waals surface area (Å²) >= 11 is 0. The van der Waals surface area contributed by atoms with Gasteiger partial charge in [-0.2, -0.15) is 0 Å². The molecule has 71 valence electrons. The van der Waals surface area contributed by atoms with E-state index in [4.69, 9.17) is 19.9 Å². The Balaban J connectivity index is 2.86. The van der Waals surface area contributed by atoms with Crippen LogP contribution in [0.5, 0.6) is 0 Å². The van der Waals surface area contributed by atoms with E-state index in [9.17, 15) is 4.79 Å². The maximum atomic E-state index is 10.1. The number of amides is 1. The van der Waals surface area contributed by atoms with E-state index in [1.807, 2.05) is 0 Å². The lowest BCUT2D eigenvalue weighted by molar-refractivity contribution is -0.123. The normalized spacial score (nSPS) is 10.1. The molecule has 5 nitrogen and oxygen atoms in total. The third-order valence-electron chi connectivity index (χ3n) is 1.04. The van der Waals surface area contributed by atoms with Crippen LogP contribution in [0.25, 0.3) is 0 Å². The van der Waals surface area contributed by atoms with Crippen LogP contribution in [-0.2, 0) is 19.0 Å². The molecule has 0 spiro atoms. The number of hydrogen-bond acceptors (Lipinski definition) is 4. The van der Waals surface area contributed by atoms with Crippen LogP contribution in [0.3, 0.4) is 0 Å². The van der Waals surface area contributed by atoms with Gasteiger partial charge in [-0.15, -0.1) is 0 Å². The molecule has 0 saturated heterocycles. The second-order valence-corrected chi connectivity index (χ2v) is 2.08. The van der Waals surface area contributed by atoms with E-state index < -0.39 is 5.91 Å². The highest BCUT2D eigenvalue weighted by atomic mass is 16.5. The number of ether oxygens (including phenoxy) is 3. The number of methoxy groups -OCH3 is 1. The lowest BCUT2D eigenvalue weighted by Gasteiger charge is -2.02. The molecular formula is C7H14NO4. The van der Waals surface area contributed by atoms with Gasteiger partial charge in [0.15, 0.2) is 0 Å². The smallest absolute Gasteiger partial charge is 0.264 e. The Morgan fingerprint density at radius 1 is 1.17 bits per heavy atom. The van der Waals surface area contributed by atoms with Crippen molar-refractivity contribution < 1.29 is 19.0 Å². The van der Waals surface area contributed by atoms with Crippen molar-refractivity contribution in [1.82, 2.24) is 5.73 Å². The van der Waals surface area contributed by atoms with Crippen molar-refractivity contribution in [2.45, 2.75) is 0 Å². The molecule has 0 aliphatic carbocycles. The Morgan fingerprint density at radius 2 is 1.75 bits per heavy atom. The van der Waals surface area contributed by atoms with Gasteiger partial charge in [0.05, 0.1) is 26.4 Å². The number of hydrogen-bond donors (Lipinski definition) is 0. The van der Waals surface area contributed by atoms with E-state index in [1.54, 1.807) is 7.11 Å². The summed E-state index contributed by atoms with van der Waals surface area (Å²) < 4.78 is 14.5. The first-order valence-corrected chi connectivity index (χ1v) is 3.66. The van der Waals surface area contributed by atoms with Crippen LogP contribution >= 0.6 is 0 Å². The molecule has 0 fully saturated rings. The van der Waals surface area contributed by atoms with E-state index >= 15 is 0 Å². The zero-order valence-electron chi connectivity index (χ0n) is 7.17. The zero-order chi connectivity index (χ0) is 9.23. The van der Waals surface area contributed by atoms with E-state index in [-0.39, 0.29) is 6.61 Å². The summed E-state index contributed by atoms with van der Waals surface area (Å²) in [4.78, 5) is 10.1. The number of nitrogens with one attached hydrogen (secondary N) is 1. The Morgan fingerprint density at radius 3 is 2.33 bits per heavy atom. The molecule has 5 heteroatoms. The Kier molecular flexibility index (Phi) is 7.99. The third-order valence-corrected chi connectivity index (χ3v) is 1.04. The van der Waals surface area contributed by atoms with Crippen LogP contribution in [0.2, 0.25) is 0 Å². The van der Waals surface area contributed by atoms with Crippen molar-refractivity contribution in [2.75, 3.05) is 40.1 Å². The second kappa shape index (κ2) is 8.45. The largest absolute Gasteiger partial charge is 0.382 e. The highest BCUT2D eigenvalue weighted by molar-refractivity contribution is 5.74. The van der Waals surface area contributed by atoms with Crippen LogP contribution < -0.4 is 5.73 Å². The average Bonchev–Trinajstić information content (AvgIpc) is 2.02. The maximum Gasteiger partial charge on any atom is 0.264 e. The predicted octanol–water partition coefficient (Wildman–Crippen LogP) is -0.524. The van der Waals surface area contributed by atoms with Gasteiger partial charge in [-0.1, -0.05) is 0 Å². The number of carbonyl (C=O) groups is 1. The molecule has 0 atom stereocenters. The summed E-state index contributed by atoms with van der Waals surface area (Å²) in [7, 11) is 1.60. The summed E-state index contributed by atoms with van der Waals surface area (Å²) in [6, 6.07) is 0. The van der Waals surface area contributed by atoms with Crippen molar-refractivity contribution in [3.8, 4) is 0 Å². The minimum absolute atomic E-state index is 0.159. The summed E-state index contributed by atoms with van der Waals surface area (Å²) in [5.41, 5.74) is 6.50. The van der Waals surface area contributed by atoms with Crippen molar-refractivity contribution >= 4 is 5.91 Å². The van der Waals surface area contributed by atoms with Gasteiger partial charge in [-0.25, -0.2) is 0 Å². The second-order valence-electron chi connectivity index (χ2n) is 2.08. The molecule has 1 radical (unpaired) electrons. The molecule has 0 rings (SSSR count). The number of rotatable bonds is 8. The van der Waals surface area contributed by atoms with Crippen molar-refractivity contribution in [2.24, 2.45) is 0 Å². The average molecular weight is 176 g/mol. The molecule has 0 aliphatic rings. The first-order valence-electron chi connectivity index (χ1n) is 3.66. The minimum atomic E-state index is -0.716. The zero-order valence-corrected chi connectivity index (χ0v) is 7.17. The summed E-state index contributed by atoms with van der Waals surface area (Å²) in [5.74, 6) is -0.716. The summed E-state index contributed by atoms with van der Waals surface area (Å²) in [6.45, 7) is 1.69. The molecule has 0 bridgehead atoms. The van der Waals surface area contributed by atoms with Crippen LogP contribution in [0.15, 0.2) is 0 Å². The molecular weight excluding hydrogens is 162 g/mol. The molecule has 0 aliphatic heterocycles. The first kappa shape index (κ1) is 11.4. The van der Waals surface area contributed by atoms with Gasteiger partial charge >= 0.3 is 0 Å². The van der Waals surface area contributed by atoms with Crippen molar-refractivity contribution in [1.29, 1.82) is 0 Å². The first-order chi connectivity index (χ1) is 5.77. The Bertz CT molecular complexity index is 118. The van der Waals surface area contributed by atoms with Crippen LogP contribution in [0, 0.1) is 0 Å². The molecule has 0 aromatic rings. The van der Waals surface area contributed by atoms with Gasteiger partial charge in [-0.3, -0.25) is 10.5 Å². The minimum Gasteiger partial charge on any atom is -0.382 e. The van der Waals surface area contributed by atoms with E-state index in [0.717, 1.165) is 0 Å². The monoisotopic (exact) mass is 176 g/mol. The molecule has 1 N–H and O–H groups in total. The number of carbonyl (C=O) groups excluding carboxylic acids is 1. The fourth-order valence-electron chi connectivity index (χ4n) is 0.527. The highest BCUT2D eigenvalue weighted by Gasteiger charge is 1.94. The molecule has 1 amide bonds. The lowest BCUT2D eigenvalue weighted by atomic mass is 10.6. The topological polar surface area (TPSA) is 68.6 Å². The van der Waals surface area contributed by atoms with E-state index in [2.05, 4.69) is 0 Å². The Hall–Kier alpha value is -0.650. The molecule has 0 aromatic carbocycles. The predicted molar refractivity (Wildman–Crippen MR) is 41.6 cm³/mol. The van der Waals surface area contributed by atoms with Crippen molar-refractivity contribution in [3.05, 3.63) is 0 Å².